The molecule has 0 saturated carbocycles. The van der Waals surface area contributed by atoms with Crippen molar-refractivity contribution in [2.24, 2.45) is 5.73 Å². The van der Waals surface area contributed by atoms with Crippen LogP contribution in [0.25, 0.3) is 0 Å². The van der Waals surface area contributed by atoms with Crippen molar-refractivity contribution in [3.63, 3.8) is 0 Å². The fourth-order valence-corrected chi connectivity index (χ4v) is 1.33. The van der Waals surface area contributed by atoms with Crippen LogP contribution in [0.4, 0.5) is 13.2 Å². The van der Waals surface area contributed by atoms with E-state index in [1.807, 2.05) is 0 Å². The smallest absolute Gasteiger partial charge is 0.416 e. The molecule has 0 saturated heterocycles. The van der Waals surface area contributed by atoms with Gasteiger partial charge in [0.2, 0.25) is 0 Å². The topological polar surface area (TPSA) is 46.2 Å². The van der Waals surface area contributed by atoms with Crippen molar-refractivity contribution in [1.82, 2.24) is 0 Å². The quantitative estimate of drug-likeness (QED) is 0.762. The molecule has 0 bridgehead atoms. The molecule has 0 amide bonds. The number of alkyl halides is 3. The number of benzene rings is 1. The highest BCUT2D eigenvalue weighted by Crippen LogP contribution is 2.37. The molecule has 0 heterocycles. The summed E-state index contributed by atoms with van der Waals surface area (Å²) in [4.78, 5) is 0. The average molecular weight is 219 g/mol. The van der Waals surface area contributed by atoms with Gasteiger partial charge in [-0.25, -0.2) is 0 Å². The predicted molar refractivity (Wildman–Crippen MR) is 50.3 cm³/mol. The number of hydrogen-bond donors (Lipinski definition) is 2. The van der Waals surface area contributed by atoms with Crippen LogP contribution in [0.15, 0.2) is 18.2 Å². The zero-order chi connectivity index (χ0) is 11.9. The Kier molecular flexibility index (Phi) is 2.69. The maximum atomic E-state index is 12.6. The first-order valence-electron chi connectivity index (χ1n) is 4.32. The van der Waals surface area contributed by atoms with Crippen molar-refractivity contribution in [3.8, 4) is 5.75 Å². The van der Waals surface area contributed by atoms with Crippen LogP contribution in [0.2, 0.25) is 0 Å². The summed E-state index contributed by atoms with van der Waals surface area (Å²) in [5.74, 6) is -0.421. The molecule has 0 spiro atoms. The fourth-order valence-electron chi connectivity index (χ4n) is 1.33. The number of halogens is 3. The van der Waals surface area contributed by atoms with E-state index in [0.29, 0.717) is 6.07 Å². The molecule has 15 heavy (non-hydrogen) atoms. The van der Waals surface area contributed by atoms with Crippen LogP contribution >= 0.6 is 0 Å². The van der Waals surface area contributed by atoms with E-state index in [-0.39, 0.29) is 5.56 Å². The summed E-state index contributed by atoms with van der Waals surface area (Å²) < 4.78 is 37.8. The summed E-state index contributed by atoms with van der Waals surface area (Å²) >= 11 is 0. The molecule has 0 aliphatic heterocycles. The Morgan fingerprint density at radius 2 is 1.67 bits per heavy atom. The average Bonchev–Trinajstić information content (AvgIpc) is 2.00. The number of rotatable bonds is 1. The van der Waals surface area contributed by atoms with Crippen LogP contribution in [0.5, 0.6) is 5.75 Å². The Labute approximate surface area is 85.5 Å². The summed E-state index contributed by atoms with van der Waals surface area (Å²) in [6.45, 7) is 2.96. The van der Waals surface area contributed by atoms with Crippen LogP contribution in [0.3, 0.4) is 0 Å². The lowest BCUT2D eigenvalue weighted by molar-refractivity contribution is -0.138. The third-order valence-corrected chi connectivity index (χ3v) is 2.00. The predicted octanol–water partition coefficient (Wildman–Crippen LogP) is 2.60. The maximum Gasteiger partial charge on any atom is 0.416 e. The minimum atomic E-state index is -4.51. The number of hydrogen-bond acceptors (Lipinski definition) is 2. The molecule has 84 valence electrons. The summed E-state index contributed by atoms with van der Waals surface area (Å²) in [6.07, 6.45) is -4.51. The molecule has 2 nitrogen and oxygen atoms in total. The highest BCUT2D eigenvalue weighted by atomic mass is 19.4. The molecule has 1 aromatic carbocycles. The summed E-state index contributed by atoms with van der Waals surface area (Å²) in [6, 6.07) is 3.07. The second-order valence-corrected chi connectivity index (χ2v) is 3.95. The minimum Gasteiger partial charge on any atom is -0.508 e. The molecule has 5 heteroatoms. The Morgan fingerprint density at radius 3 is 2.07 bits per heavy atom. The van der Waals surface area contributed by atoms with E-state index >= 15 is 0 Å². The van der Waals surface area contributed by atoms with Crippen molar-refractivity contribution in [3.05, 3.63) is 29.3 Å². The molecule has 0 radical (unpaired) electrons. The van der Waals surface area contributed by atoms with Crippen molar-refractivity contribution in [2.75, 3.05) is 0 Å². The van der Waals surface area contributed by atoms with Crippen molar-refractivity contribution in [1.29, 1.82) is 0 Å². The van der Waals surface area contributed by atoms with Gasteiger partial charge in [-0.15, -0.1) is 0 Å². The van der Waals surface area contributed by atoms with E-state index in [1.165, 1.54) is 26.0 Å². The Hall–Kier alpha value is -1.23. The van der Waals surface area contributed by atoms with Crippen LogP contribution in [-0.4, -0.2) is 5.11 Å². The maximum absolute atomic E-state index is 12.6. The van der Waals surface area contributed by atoms with Gasteiger partial charge in [-0.3, -0.25) is 0 Å². The monoisotopic (exact) mass is 219 g/mol. The van der Waals surface area contributed by atoms with Gasteiger partial charge in [-0.2, -0.15) is 13.2 Å². The third-order valence-electron chi connectivity index (χ3n) is 2.00. The molecule has 3 N–H and O–H groups in total. The first kappa shape index (κ1) is 11.8. The van der Waals surface area contributed by atoms with E-state index in [0.717, 1.165) is 0 Å². The Morgan fingerprint density at radius 1 is 1.13 bits per heavy atom. The highest BCUT2D eigenvalue weighted by Gasteiger charge is 2.36. The first-order chi connectivity index (χ1) is 6.62. The molecular weight excluding hydrogens is 207 g/mol. The van der Waals surface area contributed by atoms with E-state index in [9.17, 15) is 13.2 Å². The molecule has 0 fully saturated rings. The van der Waals surface area contributed by atoms with Gasteiger partial charge in [0.05, 0.1) is 5.56 Å². The highest BCUT2D eigenvalue weighted by molar-refractivity contribution is 5.40. The van der Waals surface area contributed by atoms with Crippen molar-refractivity contribution >= 4 is 0 Å². The Bertz CT molecular complexity index is 366. The van der Waals surface area contributed by atoms with Crippen molar-refractivity contribution < 1.29 is 18.3 Å². The second kappa shape index (κ2) is 3.41. The van der Waals surface area contributed by atoms with Crippen LogP contribution in [0, 0.1) is 0 Å². The van der Waals surface area contributed by atoms with E-state index < -0.39 is 23.0 Å². The van der Waals surface area contributed by atoms with Crippen LogP contribution in [-0.2, 0) is 11.7 Å². The Balaban J connectivity index is 3.41. The summed E-state index contributed by atoms with van der Waals surface area (Å²) in [5.41, 5.74) is 3.60. The van der Waals surface area contributed by atoms with Gasteiger partial charge < -0.3 is 10.8 Å². The second-order valence-electron chi connectivity index (χ2n) is 3.95. The molecule has 0 atom stereocenters. The lowest BCUT2D eigenvalue weighted by Crippen LogP contribution is -2.31. The molecular formula is C10H12F3NO. The van der Waals surface area contributed by atoms with Gasteiger partial charge in [-0.05, 0) is 31.5 Å². The van der Waals surface area contributed by atoms with Gasteiger partial charge in [0.25, 0.3) is 0 Å². The molecule has 0 unspecified atom stereocenters. The van der Waals surface area contributed by atoms with Gasteiger partial charge >= 0.3 is 6.18 Å². The van der Waals surface area contributed by atoms with Gasteiger partial charge in [-0.1, -0.05) is 6.07 Å². The number of phenols is 1. The van der Waals surface area contributed by atoms with E-state index in [4.69, 9.17) is 10.8 Å². The SMILES string of the molecule is CC(C)(N)c1ccc(O)cc1C(F)(F)F. The zero-order valence-electron chi connectivity index (χ0n) is 8.39. The molecule has 0 aliphatic carbocycles. The summed E-state index contributed by atoms with van der Waals surface area (Å²) in [7, 11) is 0. The van der Waals surface area contributed by atoms with E-state index in [1.54, 1.807) is 0 Å². The molecule has 1 aromatic rings. The van der Waals surface area contributed by atoms with Crippen molar-refractivity contribution in [2.45, 2.75) is 25.6 Å². The van der Waals surface area contributed by atoms with Gasteiger partial charge in [0.1, 0.15) is 5.75 Å². The van der Waals surface area contributed by atoms with Crippen LogP contribution in [0.1, 0.15) is 25.0 Å². The first-order valence-corrected chi connectivity index (χ1v) is 4.32. The normalized spacial score (nSPS) is 12.9. The van der Waals surface area contributed by atoms with E-state index in [2.05, 4.69) is 0 Å². The fraction of sp³-hybridized carbons (Fsp3) is 0.400. The van der Waals surface area contributed by atoms with Gasteiger partial charge in [0, 0.05) is 5.54 Å². The molecule has 0 aliphatic rings. The lowest BCUT2D eigenvalue weighted by atomic mass is 9.90. The largest absolute Gasteiger partial charge is 0.508 e. The molecule has 0 aromatic heterocycles. The minimum absolute atomic E-state index is 0.0344. The number of nitrogens with two attached hydrogens (primary N) is 1. The molecule has 1 rings (SSSR count). The third kappa shape index (κ3) is 2.62. The zero-order valence-corrected chi connectivity index (χ0v) is 8.39. The number of aromatic hydroxyl groups is 1. The van der Waals surface area contributed by atoms with Crippen LogP contribution < -0.4 is 5.73 Å². The number of phenolic OH excluding ortho intramolecular Hbond substituents is 1. The summed E-state index contributed by atoms with van der Waals surface area (Å²) in [5, 5.41) is 9.03. The lowest BCUT2D eigenvalue weighted by Gasteiger charge is -2.24. The van der Waals surface area contributed by atoms with Gasteiger partial charge in [0.15, 0.2) is 0 Å². The standard InChI is InChI=1S/C10H12F3NO/c1-9(2,14)7-4-3-6(15)5-8(7)10(11,12)13/h3-5,15H,14H2,1-2H3.